The first-order chi connectivity index (χ1) is 12.1. The summed E-state index contributed by atoms with van der Waals surface area (Å²) in [5.41, 5.74) is 0.440. The van der Waals surface area contributed by atoms with E-state index in [0.717, 1.165) is 30.0 Å². The lowest BCUT2D eigenvalue weighted by molar-refractivity contribution is -0.118. The van der Waals surface area contributed by atoms with E-state index >= 15 is 0 Å². The highest BCUT2D eigenvalue weighted by molar-refractivity contribution is 6.01. The Morgan fingerprint density at radius 3 is 2.60 bits per heavy atom. The second-order valence-electron chi connectivity index (χ2n) is 6.55. The maximum absolute atomic E-state index is 12.9. The lowest BCUT2D eigenvalue weighted by Gasteiger charge is -2.21. The number of carbonyl (C=O) groups is 1. The molecule has 7 nitrogen and oxygen atoms in total. The molecule has 1 aliphatic heterocycles. The molecule has 1 N–H and O–H groups in total. The molecule has 1 saturated carbocycles. The van der Waals surface area contributed by atoms with Crippen LogP contribution in [0.3, 0.4) is 0 Å². The molecule has 0 unspecified atom stereocenters. The van der Waals surface area contributed by atoms with Gasteiger partial charge in [0.05, 0.1) is 5.41 Å². The Morgan fingerprint density at radius 1 is 1.12 bits per heavy atom. The van der Waals surface area contributed by atoms with Crippen LogP contribution in [0.1, 0.15) is 18.4 Å². The maximum Gasteiger partial charge on any atom is 0.236 e. The second kappa shape index (κ2) is 5.91. The number of anilines is 2. The molecule has 2 aromatic rings. The van der Waals surface area contributed by atoms with Gasteiger partial charge in [0.1, 0.15) is 31.2 Å². The standard InChI is InChI=1S/C18H20N4O3/c1-22(2)16-10-15(19-11-20-16)21-17(23)18(5-6-18)12-3-4-13-14(9-12)25-8-7-24-13/h3-4,9-11H,5-8H2,1-2H3,(H,19,20,21,23). The third-order valence-corrected chi connectivity index (χ3v) is 4.63. The Hall–Kier alpha value is -2.83. The molecule has 1 aromatic carbocycles. The Morgan fingerprint density at radius 2 is 1.88 bits per heavy atom. The second-order valence-corrected chi connectivity index (χ2v) is 6.55. The van der Waals surface area contributed by atoms with Crippen LogP contribution < -0.4 is 19.7 Å². The topological polar surface area (TPSA) is 76.6 Å². The van der Waals surface area contributed by atoms with Gasteiger partial charge in [0.15, 0.2) is 11.5 Å². The third kappa shape index (κ3) is 2.86. The van der Waals surface area contributed by atoms with Crippen LogP contribution in [0, 0.1) is 0 Å². The summed E-state index contributed by atoms with van der Waals surface area (Å²) >= 11 is 0. The minimum absolute atomic E-state index is 0.0485. The number of nitrogens with one attached hydrogen (secondary N) is 1. The molecule has 0 saturated heterocycles. The third-order valence-electron chi connectivity index (χ3n) is 4.63. The van der Waals surface area contributed by atoms with E-state index in [1.807, 2.05) is 37.2 Å². The van der Waals surface area contributed by atoms with E-state index in [4.69, 9.17) is 9.47 Å². The van der Waals surface area contributed by atoms with Gasteiger partial charge in [-0.1, -0.05) is 6.07 Å². The van der Waals surface area contributed by atoms with Crippen molar-refractivity contribution in [2.75, 3.05) is 37.5 Å². The highest BCUT2D eigenvalue weighted by Crippen LogP contribution is 2.50. The van der Waals surface area contributed by atoms with Gasteiger partial charge in [0.2, 0.25) is 5.91 Å². The van der Waals surface area contributed by atoms with Crippen molar-refractivity contribution in [2.45, 2.75) is 18.3 Å². The molecule has 1 fully saturated rings. The highest BCUT2D eigenvalue weighted by Gasteiger charge is 2.51. The number of carbonyl (C=O) groups excluding carboxylic acids is 1. The summed E-state index contributed by atoms with van der Waals surface area (Å²) in [6.07, 6.45) is 3.07. The summed E-state index contributed by atoms with van der Waals surface area (Å²) in [5.74, 6) is 2.65. The van der Waals surface area contributed by atoms with E-state index in [2.05, 4.69) is 15.3 Å². The summed E-state index contributed by atoms with van der Waals surface area (Å²) in [7, 11) is 3.79. The van der Waals surface area contributed by atoms with Gasteiger partial charge in [-0.25, -0.2) is 9.97 Å². The Labute approximate surface area is 146 Å². The largest absolute Gasteiger partial charge is 0.486 e. The van der Waals surface area contributed by atoms with E-state index in [1.54, 1.807) is 6.07 Å². The zero-order valence-corrected chi connectivity index (χ0v) is 14.3. The molecule has 130 valence electrons. The van der Waals surface area contributed by atoms with E-state index in [1.165, 1.54) is 6.33 Å². The average Bonchev–Trinajstić information content (AvgIpc) is 3.43. The van der Waals surface area contributed by atoms with Crippen molar-refractivity contribution < 1.29 is 14.3 Å². The first-order valence-corrected chi connectivity index (χ1v) is 8.29. The van der Waals surface area contributed by atoms with Crippen LogP contribution in [0.25, 0.3) is 0 Å². The first-order valence-electron chi connectivity index (χ1n) is 8.29. The fourth-order valence-electron chi connectivity index (χ4n) is 3.01. The van der Waals surface area contributed by atoms with Crippen LogP contribution in [0.15, 0.2) is 30.6 Å². The number of nitrogens with zero attached hydrogens (tertiary/aromatic N) is 3. The van der Waals surface area contributed by atoms with Crippen LogP contribution in [-0.2, 0) is 10.2 Å². The molecule has 7 heteroatoms. The minimum Gasteiger partial charge on any atom is -0.486 e. The van der Waals surface area contributed by atoms with Crippen molar-refractivity contribution in [1.82, 2.24) is 9.97 Å². The quantitative estimate of drug-likeness (QED) is 0.917. The van der Waals surface area contributed by atoms with Gasteiger partial charge in [-0.2, -0.15) is 0 Å². The number of ether oxygens (including phenoxy) is 2. The molecule has 0 radical (unpaired) electrons. The molecule has 0 bridgehead atoms. The molecule has 4 rings (SSSR count). The molecule has 2 aliphatic rings. The number of hydrogen-bond donors (Lipinski definition) is 1. The number of fused-ring (bicyclic) bond motifs is 1. The zero-order chi connectivity index (χ0) is 17.4. The van der Waals surface area contributed by atoms with Crippen molar-refractivity contribution >= 4 is 17.5 Å². The van der Waals surface area contributed by atoms with Gasteiger partial charge < -0.3 is 19.7 Å². The minimum atomic E-state index is -0.515. The molecule has 1 amide bonds. The smallest absolute Gasteiger partial charge is 0.236 e. The number of hydrogen-bond acceptors (Lipinski definition) is 6. The molecule has 0 atom stereocenters. The molecule has 25 heavy (non-hydrogen) atoms. The van der Waals surface area contributed by atoms with Gasteiger partial charge in [0.25, 0.3) is 0 Å². The SMILES string of the molecule is CN(C)c1cc(NC(=O)C2(c3ccc4c(c3)OCCO4)CC2)ncn1. The predicted octanol–water partition coefficient (Wildman–Crippen LogP) is 1.98. The fraction of sp³-hybridized carbons (Fsp3) is 0.389. The van der Waals surface area contributed by atoms with E-state index in [0.29, 0.717) is 24.8 Å². The van der Waals surface area contributed by atoms with Gasteiger partial charge >= 0.3 is 0 Å². The van der Waals surface area contributed by atoms with Gasteiger partial charge in [-0.15, -0.1) is 0 Å². The van der Waals surface area contributed by atoms with Crippen LogP contribution in [0.4, 0.5) is 11.6 Å². The lowest BCUT2D eigenvalue weighted by atomic mass is 9.94. The molecule has 1 aliphatic carbocycles. The monoisotopic (exact) mass is 340 g/mol. The van der Waals surface area contributed by atoms with Crippen molar-refractivity contribution in [1.29, 1.82) is 0 Å². The van der Waals surface area contributed by atoms with Crippen LogP contribution >= 0.6 is 0 Å². The summed E-state index contributed by atoms with van der Waals surface area (Å²) in [6, 6.07) is 7.52. The Kier molecular flexibility index (Phi) is 3.71. The van der Waals surface area contributed by atoms with Crippen LogP contribution in [-0.4, -0.2) is 43.2 Å². The van der Waals surface area contributed by atoms with Crippen molar-refractivity contribution in [3.8, 4) is 11.5 Å². The molecule has 0 spiro atoms. The first kappa shape index (κ1) is 15.7. The van der Waals surface area contributed by atoms with Gasteiger partial charge in [-0.05, 0) is 30.5 Å². The number of rotatable bonds is 4. The Bertz CT molecular complexity index is 818. The van der Waals surface area contributed by atoms with Gasteiger partial charge in [-0.3, -0.25) is 4.79 Å². The number of benzene rings is 1. The normalized spacial score (nSPS) is 16.9. The molecule has 2 heterocycles. The van der Waals surface area contributed by atoms with Crippen molar-refractivity contribution in [2.24, 2.45) is 0 Å². The van der Waals surface area contributed by atoms with Gasteiger partial charge in [0, 0.05) is 20.2 Å². The number of aromatic nitrogens is 2. The van der Waals surface area contributed by atoms with E-state index in [9.17, 15) is 4.79 Å². The summed E-state index contributed by atoms with van der Waals surface area (Å²) in [5, 5.41) is 2.93. The molecular formula is C18H20N4O3. The fourth-order valence-corrected chi connectivity index (χ4v) is 3.01. The van der Waals surface area contributed by atoms with E-state index in [-0.39, 0.29) is 5.91 Å². The van der Waals surface area contributed by atoms with Crippen molar-refractivity contribution in [3.05, 3.63) is 36.2 Å². The van der Waals surface area contributed by atoms with Crippen LogP contribution in [0.5, 0.6) is 11.5 Å². The molecular weight excluding hydrogens is 320 g/mol. The summed E-state index contributed by atoms with van der Waals surface area (Å²) in [4.78, 5) is 23.1. The Balaban J connectivity index is 1.56. The number of amides is 1. The lowest BCUT2D eigenvalue weighted by Crippen LogP contribution is -2.28. The maximum atomic E-state index is 12.9. The summed E-state index contributed by atoms with van der Waals surface area (Å²) < 4.78 is 11.2. The summed E-state index contributed by atoms with van der Waals surface area (Å²) in [6.45, 7) is 1.09. The van der Waals surface area contributed by atoms with E-state index < -0.39 is 5.41 Å². The zero-order valence-electron chi connectivity index (χ0n) is 14.3. The predicted molar refractivity (Wildman–Crippen MR) is 93.3 cm³/mol. The average molecular weight is 340 g/mol. The molecule has 1 aromatic heterocycles. The van der Waals surface area contributed by atoms with Crippen LogP contribution in [0.2, 0.25) is 0 Å². The van der Waals surface area contributed by atoms with Crippen molar-refractivity contribution in [3.63, 3.8) is 0 Å². The highest BCUT2D eigenvalue weighted by atomic mass is 16.6.